The Kier molecular flexibility index (Phi) is 9.33. The van der Waals surface area contributed by atoms with Crippen molar-refractivity contribution in [3.63, 3.8) is 0 Å². The highest BCUT2D eigenvalue weighted by Gasteiger charge is 2.09. The number of rotatable bonds is 9. The zero-order chi connectivity index (χ0) is 19.5. The van der Waals surface area contributed by atoms with Gasteiger partial charge in [-0.2, -0.15) is 0 Å². The van der Waals surface area contributed by atoms with E-state index in [2.05, 4.69) is 15.2 Å². The summed E-state index contributed by atoms with van der Waals surface area (Å²) in [5.41, 5.74) is 1.16. The SMILES string of the molecule is CCNC(=NCCC(=O)N(C)C)N(C)CCc1ccc(OC)c(OC)c1. The summed E-state index contributed by atoms with van der Waals surface area (Å²) in [5, 5.41) is 3.27. The van der Waals surface area contributed by atoms with Gasteiger partial charge in [0.05, 0.1) is 20.8 Å². The molecule has 1 amide bonds. The number of carbonyl (C=O) groups is 1. The first-order valence-electron chi connectivity index (χ1n) is 8.83. The van der Waals surface area contributed by atoms with Gasteiger partial charge in [0.25, 0.3) is 0 Å². The van der Waals surface area contributed by atoms with Crippen molar-refractivity contribution in [3.05, 3.63) is 23.8 Å². The molecule has 0 radical (unpaired) electrons. The van der Waals surface area contributed by atoms with Gasteiger partial charge in [0.15, 0.2) is 17.5 Å². The minimum atomic E-state index is 0.0811. The lowest BCUT2D eigenvalue weighted by molar-refractivity contribution is -0.128. The minimum absolute atomic E-state index is 0.0811. The highest BCUT2D eigenvalue weighted by Crippen LogP contribution is 2.27. The molecule has 146 valence electrons. The molecule has 0 saturated heterocycles. The van der Waals surface area contributed by atoms with E-state index < -0.39 is 0 Å². The summed E-state index contributed by atoms with van der Waals surface area (Å²) in [7, 11) is 8.78. The van der Waals surface area contributed by atoms with Crippen LogP contribution >= 0.6 is 0 Å². The first-order valence-corrected chi connectivity index (χ1v) is 8.83. The monoisotopic (exact) mass is 364 g/mol. The van der Waals surface area contributed by atoms with Crippen molar-refractivity contribution in [1.82, 2.24) is 15.1 Å². The lowest BCUT2D eigenvalue weighted by Gasteiger charge is -2.22. The molecule has 0 atom stereocenters. The van der Waals surface area contributed by atoms with E-state index in [1.54, 1.807) is 33.2 Å². The van der Waals surface area contributed by atoms with E-state index in [0.29, 0.717) is 13.0 Å². The van der Waals surface area contributed by atoms with Crippen LogP contribution in [0.15, 0.2) is 23.2 Å². The van der Waals surface area contributed by atoms with E-state index in [1.807, 2.05) is 32.2 Å². The Morgan fingerprint density at radius 2 is 1.85 bits per heavy atom. The first-order chi connectivity index (χ1) is 12.4. The van der Waals surface area contributed by atoms with Gasteiger partial charge in [0.1, 0.15) is 0 Å². The van der Waals surface area contributed by atoms with Crippen molar-refractivity contribution in [1.29, 1.82) is 0 Å². The van der Waals surface area contributed by atoms with Gasteiger partial charge >= 0.3 is 0 Å². The van der Waals surface area contributed by atoms with Gasteiger partial charge in [-0.05, 0) is 31.0 Å². The van der Waals surface area contributed by atoms with Crippen molar-refractivity contribution in [2.45, 2.75) is 19.8 Å². The predicted molar refractivity (Wildman–Crippen MR) is 105 cm³/mol. The molecule has 0 saturated carbocycles. The van der Waals surface area contributed by atoms with Crippen LogP contribution in [0.4, 0.5) is 0 Å². The summed E-state index contributed by atoms with van der Waals surface area (Å²) in [5.74, 6) is 2.35. The number of amides is 1. The fraction of sp³-hybridized carbons (Fsp3) is 0.579. The zero-order valence-corrected chi connectivity index (χ0v) is 16.8. The van der Waals surface area contributed by atoms with E-state index >= 15 is 0 Å². The second-order valence-electron chi connectivity index (χ2n) is 6.13. The second-order valence-corrected chi connectivity index (χ2v) is 6.13. The standard InChI is InChI=1S/C19H32N4O3/c1-7-20-19(21-12-10-18(24)22(2)3)23(4)13-11-15-8-9-16(25-5)17(14-15)26-6/h8-9,14H,7,10-13H2,1-6H3,(H,20,21). The molecule has 0 aliphatic heterocycles. The summed E-state index contributed by atoms with van der Waals surface area (Å²) in [6.45, 7) is 4.08. The quantitative estimate of drug-likeness (QED) is 0.533. The molecule has 7 heteroatoms. The molecule has 0 unspecified atom stereocenters. The average Bonchev–Trinajstić information content (AvgIpc) is 2.64. The van der Waals surface area contributed by atoms with Gasteiger partial charge in [0, 0.05) is 40.7 Å². The maximum absolute atomic E-state index is 11.7. The van der Waals surface area contributed by atoms with Crippen molar-refractivity contribution in [2.75, 3.05) is 55.0 Å². The maximum Gasteiger partial charge on any atom is 0.223 e. The van der Waals surface area contributed by atoms with Crippen LogP contribution in [-0.2, 0) is 11.2 Å². The van der Waals surface area contributed by atoms with Gasteiger partial charge in [-0.15, -0.1) is 0 Å². The van der Waals surface area contributed by atoms with Crippen molar-refractivity contribution in [3.8, 4) is 11.5 Å². The number of carbonyl (C=O) groups excluding carboxylic acids is 1. The number of hydrogen-bond acceptors (Lipinski definition) is 4. The Labute approximate surface area is 157 Å². The molecular formula is C19H32N4O3. The number of benzene rings is 1. The van der Waals surface area contributed by atoms with Crippen LogP contribution in [0.3, 0.4) is 0 Å². The van der Waals surface area contributed by atoms with Crippen molar-refractivity contribution >= 4 is 11.9 Å². The molecule has 1 N–H and O–H groups in total. The molecule has 0 bridgehead atoms. The van der Waals surface area contributed by atoms with Crippen LogP contribution in [0.1, 0.15) is 18.9 Å². The minimum Gasteiger partial charge on any atom is -0.493 e. The molecular weight excluding hydrogens is 332 g/mol. The molecule has 7 nitrogen and oxygen atoms in total. The molecule has 1 aromatic carbocycles. The Bertz CT molecular complexity index is 602. The summed E-state index contributed by atoms with van der Waals surface area (Å²) >= 11 is 0. The summed E-state index contributed by atoms with van der Waals surface area (Å²) in [6.07, 6.45) is 1.25. The number of hydrogen-bond donors (Lipinski definition) is 1. The van der Waals surface area contributed by atoms with Gasteiger partial charge in [-0.1, -0.05) is 6.07 Å². The van der Waals surface area contributed by atoms with E-state index in [4.69, 9.17) is 9.47 Å². The van der Waals surface area contributed by atoms with Crippen LogP contribution in [0.25, 0.3) is 0 Å². The molecule has 0 aliphatic rings. The number of ether oxygens (including phenoxy) is 2. The van der Waals surface area contributed by atoms with E-state index in [1.165, 1.54) is 0 Å². The Morgan fingerprint density at radius 3 is 2.42 bits per heavy atom. The lowest BCUT2D eigenvalue weighted by Crippen LogP contribution is -2.40. The molecule has 1 aromatic rings. The van der Waals surface area contributed by atoms with E-state index in [-0.39, 0.29) is 5.91 Å². The van der Waals surface area contributed by atoms with Crippen molar-refractivity contribution in [2.24, 2.45) is 4.99 Å². The molecule has 26 heavy (non-hydrogen) atoms. The van der Waals surface area contributed by atoms with Crippen LogP contribution in [0.2, 0.25) is 0 Å². The van der Waals surface area contributed by atoms with Crippen LogP contribution in [0, 0.1) is 0 Å². The highest BCUT2D eigenvalue weighted by atomic mass is 16.5. The smallest absolute Gasteiger partial charge is 0.223 e. The summed E-state index contributed by atoms with van der Waals surface area (Å²) in [4.78, 5) is 19.9. The van der Waals surface area contributed by atoms with Crippen molar-refractivity contribution < 1.29 is 14.3 Å². The number of aliphatic imine (C=N–C) groups is 1. The Hall–Kier alpha value is -2.44. The normalized spacial score (nSPS) is 11.1. The maximum atomic E-state index is 11.7. The van der Waals surface area contributed by atoms with Gasteiger partial charge in [0.2, 0.25) is 5.91 Å². The zero-order valence-electron chi connectivity index (χ0n) is 16.8. The third kappa shape index (κ3) is 6.82. The predicted octanol–water partition coefficient (Wildman–Crippen LogP) is 1.62. The topological polar surface area (TPSA) is 66.4 Å². The van der Waals surface area contributed by atoms with Crippen LogP contribution in [0.5, 0.6) is 11.5 Å². The fourth-order valence-corrected chi connectivity index (χ4v) is 2.39. The van der Waals surface area contributed by atoms with Crippen LogP contribution < -0.4 is 14.8 Å². The molecule has 1 rings (SSSR count). The van der Waals surface area contributed by atoms with Gasteiger partial charge in [-0.25, -0.2) is 0 Å². The van der Waals surface area contributed by atoms with Gasteiger partial charge in [-0.3, -0.25) is 9.79 Å². The van der Waals surface area contributed by atoms with E-state index in [9.17, 15) is 4.79 Å². The largest absolute Gasteiger partial charge is 0.493 e. The number of methoxy groups -OCH3 is 2. The molecule has 0 fully saturated rings. The number of nitrogens with one attached hydrogen (secondary N) is 1. The number of nitrogens with zero attached hydrogens (tertiary/aromatic N) is 3. The Morgan fingerprint density at radius 1 is 1.15 bits per heavy atom. The fourth-order valence-electron chi connectivity index (χ4n) is 2.39. The third-order valence-corrected chi connectivity index (χ3v) is 3.97. The Balaban J connectivity index is 2.66. The molecule has 0 aromatic heterocycles. The number of likely N-dealkylation sites (N-methyl/N-ethyl adjacent to an activating group) is 1. The molecule has 0 heterocycles. The summed E-state index contributed by atoms with van der Waals surface area (Å²) in [6, 6.07) is 5.95. The van der Waals surface area contributed by atoms with Gasteiger partial charge < -0.3 is 24.6 Å². The first kappa shape index (κ1) is 21.6. The molecule has 0 aliphatic carbocycles. The second kappa shape index (κ2) is 11.2. The highest BCUT2D eigenvalue weighted by molar-refractivity contribution is 5.80. The average molecular weight is 364 g/mol. The molecule has 0 spiro atoms. The van der Waals surface area contributed by atoms with Crippen LogP contribution in [-0.4, -0.2) is 76.7 Å². The lowest BCUT2D eigenvalue weighted by atomic mass is 10.1. The van der Waals surface area contributed by atoms with E-state index in [0.717, 1.165) is 42.5 Å². The number of guanidine groups is 1. The summed E-state index contributed by atoms with van der Waals surface area (Å²) < 4.78 is 10.6. The third-order valence-electron chi connectivity index (χ3n) is 3.97.